The summed E-state index contributed by atoms with van der Waals surface area (Å²) >= 11 is 0. The van der Waals surface area contributed by atoms with Crippen LogP contribution in [0.3, 0.4) is 0 Å². The van der Waals surface area contributed by atoms with Gasteiger partial charge in [0.15, 0.2) is 0 Å². The van der Waals surface area contributed by atoms with Crippen molar-refractivity contribution >= 4 is 12.4 Å². The number of H-pyrrole nitrogens is 1. The zero-order chi connectivity index (χ0) is 10.9. The van der Waals surface area contributed by atoms with Crippen LogP contribution in [0.5, 0.6) is 0 Å². The van der Waals surface area contributed by atoms with Gasteiger partial charge in [-0.15, -0.1) is 12.4 Å². The highest BCUT2D eigenvalue weighted by Gasteiger charge is 2.15. The molecule has 0 radical (unpaired) electrons. The van der Waals surface area contributed by atoms with Crippen molar-refractivity contribution in [2.24, 2.45) is 5.73 Å². The minimum atomic E-state index is -0.405. The molecule has 6 heteroatoms. The van der Waals surface area contributed by atoms with E-state index >= 15 is 0 Å². The van der Waals surface area contributed by atoms with Gasteiger partial charge >= 0.3 is 5.69 Å². The molecule has 86 valence electrons. The number of halogens is 1. The normalized spacial score (nSPS) is 10.9. The van der Waals surface area contributed by atoms with Gasteiger partial charge in [-0.1, -0.05) is 0 Å². The summed E-state index contributed by atoms with van der Waals surface area (Å²) in [6.45, 7) is 5.78. The number of nitrogens with one attached hydrogen (secondary N) is 1. The van der Waals surface area contributed by atoms with Crippen LogP contribution in [-0.4, -0.2) is 9.55 Å². The zero-order valence-corrected chi connectivity index (χ0v) is 9.85. The van der Waals surface area contributed by atoms with Crippen LogP contribution in [-0.2, 0) is 12.1 Å². The van der Waals surface area contributed by atoms with Crippen molar-refractivity contribution < 1.29 is 0 Å². The Morgan fingerprint density at radius 3 is 2.33 bits per heavy atom. The first-order valence-corrected chi connectivity index (χ1v) is 4.41. The van der Waals surface area contributed by atoms with E-state index in [4.69, 9.17) is 5.73 Å². The van der Waals surface area contributed by atoms with Crippen LogP contribution in [0.4, 0.5) is 0 Å². The number of hydrogen-bond acceptors (Lipinski definition) is 3. The molecule has 0 fully saturated rings. The molecule has 0 saturated carbocycles. The van der Waals surface area contributed by atoms with Crippen LogP contribution < -0.4 is 17.0 Å². The Kier molecular flexibility index (Phi) is 4.30. The van der Waals surface area contributed by atoms with Gasteiger partial charge in [0, 0.05) is 23.8 Å². The lowest BCUT2D eigenvalue weighted by Gasteiger charge is -2.21. The fourth-order valence-electron chi connectivity index (χ4n) is 1.15. The van der Waals surface area contributed by atoms with E-state index in [1.165, 1.54) is 10.8 Å². The van der Waals surface area contributed by atoms with Crippen molar-refractivity contribution in [1.82, 2.24) is 9.55 Å². The molecule has 0 aliphatic carbocycles. The van der Waals surface area contributed by atoms with Crippen LogP contribution >= 0.6 is 12.4 Å². The molecule has 0 aliphatic heterocycles. The molecular weight excluding hydrogens is 218 g/mol. The van der Waals surface area contributed by atoms with Gasteiger partial charge in [0.05, 0.1) is 0 Å². The van der Waals surface area contributed by atoms with E-state index in [9.17, 15) is 9.59 Å². The van der Waals surface area contributed by atoms with Crippen LogP contribution in [0.25, 0.3) is 0 Å². The summed E-state index contributed by atoms with van der Waals surface area (Å²) in [5.41, 5.74) is 4.63. The number of rotatable bonds is 1. The first-order chi connectivity index (χ1) is 6.36. The molecule has 5 nitrogen and oxygen atoms in total. The van der Waals surface area contributed by atoms with Gasteiger partial charge in [-0.2, -0.15) is 0 Å². The fourth-order valence-corrected chi connectivity index (χ4v) is 1.15. The predicted octanol–water partition coefficient (Wildman–Crippen LogP) is 0.172. The Labute approximate surface area is 93.7 Å². The second kappa shape index (κ2) is 4.63. The van der Waals surface area contributed by atoms with Crippen LogP contribution in [0.15, 0.2) is 15.8 Å². The van der Waals surface area contributed by atoms with Crippen molar-refractivity contribution in [2.45, 2.75) is 32.9 Å². The Hall–Kier alpha value is -1.07. The van der Waals surface area contributed by atoms with E-state index in [-0.39, 0.29) is 24.5 Å². The maximum Gasteiger partial charge on any atom is 0.328 e. The van der Waals surface area contributed by atoms with Gasteiger partial charge in [-0.3, -0.25) is 14.3 Å². The summed E-state index contributed by atoms with van der Waals surface area (Å²) in [6, 6.07) is 0. The Morgan fingerprint density at radius 2 is 1.93 bits per heavy atom. The van der Waals surface area contributed by atoms with Gasteiger partial charge in [-0.05, 0) is 20.8 Å². The minimum absolute atomic E-state index is 0. The average Bonchev–Trinajstić information content (AvgIpc) is 2.02. The third-order valence-electron chi connectivity index (χ3n) is 1.96. The van der Waals surface area contributed by atoms with Crippen LogP contribution in [0.2, 0.25) is 0 Å². The molecule has 0 unspecified atom stereocenters. The van der Waals surface area contributed by atoms with E-state index in [0.717, 1.165) is 0 Å². The second-order valence-electron chi connectivity index (χ2n) is 4.16. The quantitative estimate of drug-likeness (QED) is 0.726. The van der Waals surface area contributed by atoms with Crippen molar-refractivity contribution in [3.8, 4) is 0 Å². The molecule has 1 rings (SSSR count). The average molecular weight is 234 g/mol. The number of hydrogen-bond donors (Lipinski definition) is 2. The van der Waals surface area contributed by atoms with E-state index in [1.54, 1.807) is 0 Å². The molecule has 0 amide bonds. The monoisotopic (exact) mass is 233 g/mol. The largest absolute Gasteiger partial charge is 0.328 e. The Bertz CT molecular complexity index is 442. The van der Waals surface area contributed by atoms with Crippen molar-refractivity contribution in [3.63, 3.8) is 0 Å². The van der Waals surface area contributed by atoms with E-state index in [1.807, 2.05) is 20.8 Å². The summed E-state index contributed by atoms with van der Waals surface area (Å²) < 4.78 is 1.47. The molecule has 1 aromatic rings. The molecule has 15 heavy (non-hydrogen) atoms. The highest BCUT2D eigenvalue weighted by atomic mass is 35.5. The van der Waals surface area contributed by atoms with E-state index in [2.05, 4.69) is 4.98 Å². The molecule has 0 bridgehead atoms. The summed E-state index contributed by atoms with van der Waals surface area (Å²) in [5, 5.41) is 0. The van der Waals surface area contributed by atoms with E-state index < -0.39 is 11.2 Å². The first kappa shape index (κ1) is 13.9. The summed E-state index contributed by atoms with van der Waals surface area (Å²) in [4.78, 5) is 24.9. The minimum Gasteiger partial charge on any atom is -0.326 e. The van der Waals surface area contributed by atoms with Gasteiger partial charge in [0.25, 0.3) is 5.56 Å². The topological polar surface area (TPSA) is 80.9 Å². The molecular formula is C9H16ClN3O2. The fraction of sp³-hybridized carbons (Fsp3) is 0.556. The SMILES string of the molecule is CC(C)(C)n1cc(CN)c(=O)[nH]c1=O.Cl. The Balaban J connectivity index is 0.00000196. The molecule has 0 aliphatic rings. The first-order valence-electron chi connectivity index (χ1n) is 4.41. The lowest BCUT2D eigenvalue weighted by Crippen LogP contribution is -2.40. The van der Waals surface area contributed by atoms with Gasteiger partial charge < -0.3 is 5.73 Å². The molecule has 0 aromatic carbocycles. The third-order valence-corrected chi connectivity index (χ3v) is 1.96. The van der Waals surface area contributed by atoms with Crippen LogP contribution in [0, 0.1) is 0 Å². The molecule has 3 N–H and O–H groups in total. The number of aromatic nitrogens is 2. The smallest absolute Gasteiger partial charge is 0.326 e. The summed E-state index contributed by atoms with van der Waals surface area (Å²) in [5.74, 6) is 0. The van der Waals surface area contributed by atoms with Crippen molar-refractivity contribution in [3.05, 3.63) is 32.6 Å². The molecule has 0 atom stereocenters. The Morgan fingerprint density at radius 1 is 1.40 bits per heavy atom. The maximum absolute atomic E-state index is 11.4. The second-order valence-corrected chi connectivity index (χ2v) is 4.16. The number of nitrogens with two attached hydrogens (primary N) is 1. The number of nitrogens with zero attached hydrogens (tertiary/aromatic N) is 1. The lowest BCUT2D eigenvalue weighted by molar-refractivity contribution is 0.374. The maximum atomic E-state index is 11.4. The zero-order valence-electron chi connectivity index (χ0n) is 9.03. The molecule has 1 aromatic heterocycles. The van der Waals surface area contributed by atoms with E-state index in [0.29, 0.717) is 5.56 Å². The van der Waals surface area contributed by atoms with Gasteiger partial charge in [-0.25, -0.2) is 4.79 Å². The van der Waals surface area contributed by atoms with Crippen molar-refractivity contribution in [2.75, 3.05) is 0 Å². The lowest BCUT2D eigenvalue weighted by atomic mass is 10.1. The molecule has 0 saturated heterocycles. The highest BCUT2D eigenvalue weighted by molar-refractivity contribution is 5.85. The third kappa shape index (κ3) is 2.94. The molecule has 1 heterocycles. The van der Waals surface area contributed by atoms with Crippen LogP contribution in [0.1, 0.15) is 26.3 Å². The standard InChI is InChI=1S/C9H15N3O2.ClH/c1-9(2,3)12-5-6(4-10)7(13)11-8(12)14;/h5H,4,10H2,1-3H3,(H,11,13,14);1H. The number of aromatic amines is 1. The van der Waals surface area contributed by atoms with Gasteiger partial charge in [0.1, 0.15) is 0 Å². The molecule has 0 spiro atoms. The summed E-state index contributed by atoms with van der Waals surface area (Å²) in [6.07, 6.45) is 1.52. The predicted molar refractivity (Wildman–Crippen MR) is 61.5 cm³/mol. The van der Waals surface area contributed by atoms with Crippen molar-refractivity contribution in [1.29, 1.82) is 0 Å². The highest BCUT2D eigenvalue weighted by Crippen LogP contribution is 2.09. The summed E-state index contributed by atoms with van der Waals surface area (Å²) in [7, 11) is 0. The van der Waals surface area contributed by atoms with Gasteiger partial charge in [0.2, 0.25) is 0 Å².